The number of likely N-dealkylation sites (tertiary alicyclic amines) is 1. The van der Waals surface area contributed by atoms with E-state index in [1.54, 1.807) is 32.7 Å². The molecule has 0 spiro atoms. The lowest BCUT2D eigenvalue weighted by Crippen LogP contribution is -2.51. The summed E-state index contributed by atoms with van der Waals surface area (Å²) in [6, 6.07) is -0.158. The van der Waals surface area contributed by atoms with E-state index in [-0.39, 0.29) is 12.6 Å². The van der Waals surface area contributed by atoms with Crippen LogP contribution in [0.5, 0.6) is 0 Å². The molecule has 1 rings (SSSR count). The zero-order chi connectivity index (χ0) is 14.8. The largest absolute Gasteiger partial charge is 0.481 e. The Hall–Kier alpha value is -1.30. The maximum Gasteiger partial charge on any atom is 0.319 e. The highest BCUT2D eigenvalue weighted by atomic mass is 16.4. The Morgan fingerprint density at radius 3 is 2.16 bits per heavy atom. The number of hydrogen-bond acceptors (Lipinski definition) is 3. The monoisotopic (exact) mass is 272 g/mol. The predicted octanol–water partition coefficient (Wildman–Crippen LogP) is 0.996. The summed E-state index contributed by atoms with van der Waals surface area (Å²) < 4.78 is 0. The number of urea groups is 1. The Morgan fingerprint density at radius 2 is 1.79 bits per heavy atom. The minimum absolute atomic E-state index is 0.158. The Labute approximate surface area is 114 Å². The summed E-state index contributed by atoms with van der Waals surface area (Å²) in [7, 11) is 1.64. The highest BCUT2D eigenvalue weighted by Gasteiger charge is 2.38. The molecule has 6 heteroatoms. The fourth-order valence-corrected chi connectivity index (χ4v) is 2.29. The molecule has 0 aromatic rings. The topological polar surface area (TPSA) is 81.1 Å². The zero-order valence-corrected chi connectivity index (χ0v) is 12.1. The molecule has 2 amide bonds. The molecule has 1 fully saturated rings. The number of piperidine rings is 1. The van der Waals surface area contributed by atoms with Crippen molar-refractivity contribution in [3.8, 4) is 0 Å². The van der Waals surface area contributed by atoms with Gasteiger partial charge in [0.1, 0.15) is 0 Å². The van der Waals surface area contributed by atoms with Crippen LogP contribution >= 0.6 is 0 Å². The quantitative estimate of drug-likeness (QED) is 0.803. The second-order valence-electron chi connectivity index (χ2n) is 6.30. The van der Waals surface area contributed by atoms with Gasteiger partial charge in [-0.1, -0.05) is 0 Å². The first-order chi connectivity index (χ1) is 8.55. The van der Waals surface area contributed by atoms with Crippen molar-refractivity contribution < 1.29 is 19.8 Å². The van der Waals surface area contributed by atoms with Gasteiger partial charge in [0, 0.05) is 20.1 Å². The van der Waals surface area contributed by atoms with Gasteiger partial charge >= 0.3 is 12.0 Å². The fraction of sp³-hybridized carbons (Fsp3) is 0.846. The molecule has 1 aliphatic heterocycles. The van der Waals surface area contributed by atoms with Gasteiger partial charge in [-0.15, -0.1) is 0 Å². The van der Waals surface area contributed by atoms with E-state index < -0.39 is 17.0 Å². The Kier molecular flexibility index (Phi) is 4.45. The summed E-state index contributed by atoms with van der Waals surface area (Å²) in [5.74, 6) is -0.801. The number of carboxylic acid groups (broad SMARTS) is 1. The van der Waals surface area contributed by atoms with Crippen LogP contribution in [0.15, 0.2) is 0 Å². The second-order valence-corrected chi connectivity index (χ2v) is 6.30. The second kappa shape index (κ2) is 5.36. The molecule has 0 unspecified atom stereocenters. The van der Waals surface area contributed by atoms with E-state index in [1.807, 2.05) is 0 Å². The van der Waals surface area contributed by atoms with Gasteiger partial charge in [0.2, 0.25) is 0 Å². The third-order valence-corrected chi connectivity index (χ3v) is 3.60. The van der Waals surface area contributed by atoms with Gasteiger partial charge in [-0.25, -0.2) is 4.79 Å². The Morgan fingerprint density at radius 1 is 1.32 bits per heavy atom. The molecule has 0 saturated carbocycles. The molecule has 1 saturated heterocycles. The van der Waals surface area contributed by atoms with Gasteiger partial charge in [0.15, 0.2) is 0 Å². The highest BCUT2D eigenvalue weighted by Crippen LogP contribution is 2.31. The third kappa shape index (κ3) is 4.09. The van der Waals surface area contributed by atoms with E-state index in [4.69, 9.17) is 5.11 Å². The number of rotatable bonds is 3. The molecule has 6 nitrogen and oxygen atoms in total. The number of hydrogen-bond donors (Lipinski definition) is 2. The first-order valence-electron chi connectivity index (χ1n) is 6.51. The molecule has 1 aliphatic rings. The molecular formula is C13H24N2O4. The summed E-state index contributed by atoms with van der Waals surface area (Å²) in [5, 5.41) is 18.8. The van der Waals surface area contributed by atoms with Crippen molar-refractivity contribution in [1.82, 2.24) is 9.80 Å². The van der Waals surface area contributed by atoms with Crippen molar-refractivity contribution >= 4 is 12.0 Å². The lowest BCUT2D eigenvalue weighted by Gasteiger charge is -2.38. The number of carbonyl (C=O) groups is 2. The predicted molar refractivity (Wildman–Crippen MR) is 70.9 cm³/mol. The molecule has 0 atom stereocenters. The lowest BCUT2D eigenvalue weighted by molar-refractivity contribution is -0.150. The van der Waals surface area contributed by atoms with Crippen LogP contribution in [0, 0.1) is 5.41 Å². The number of likely N-dealkylation sites (N-methyl/N-ethyl adjacent to an activating group) is 1. The van der Waals surface area contributed by atoms with E-state index >= 15 is 0 Å². The molecule has 1 heterocycles. The maximum absolute atomic E-state index is 12.1. The van der Waals surface area contributed by atoms with Crippen LogP contribution in [-0.4, -0.2) is 64.3 Å². The molecule has 0 radical (unpaired) electrons. The van der Waals surface area contributed by atoms with Gasteiger partial charge in [0.05, 0.1) is 17.6 Å². The molecular weight excluding hydrogens is 248 g/mol. The van der Waals surface area contributed by atoms with Crippen molar-refractivity contribution in [2.24, 2.45) is 5.41 Å². The first-order valence-corrected chi connectivity index (χ1v) is 6.51. The van der Waals surface area contributed by atoms with Crippen LogP contribution in [0.2, 0.25) is 0 Å². The zero-order valence-electron chi connectivity index (χ0n) is 12.1. The van der Waals surface area contributed by atoms with Crippen LogP contribution < -0.4 is 0 Å². The lowest BCUT2D eigenvalue weighted by atomic mass is 9.80. The smallest absolute Gasteiger partial charge is 0.319 e. The summed E-state index contributed by atoms with van der Waals surface area (Å²) in [4.78, 5) is 26.4. The average molecular weight is 272 g/mol. The van der Waals surface area contributed by atoms with Crippen LogP contribution in [0.4, 0.5) is 4.79 Å². The number of carboxylic acids is 1. The van der Waals surface area contributed by atoms with Crippen molar-refractivity contribution in [3.05, 3.63) is 0 Å². The van der Waals surface area contributed by atoms with Gasteiger partial charge in [-0.2, -0.15) is 0 Å². The molecule has 0 bridgehead atoms. The van der Waals surface area contributed by atoms with Gasteiger partial charge in [-0.3, -0.25) is 4.79 Å². The van der Waals surface area contributed by atoms with Crippen LogP contribution in [-0.2, 0) is 4.79 Å². The normalized spacial score (nSPS) is 19.1. The van der Waals surface area contributed by atoms with Gasteiger partial charge in [0.25, 0.3) is 0 Å². The van der Waals surface area contributed by atoms with Gasteiger partial charge in [-0.05, 0) is 33.6 Å². The van der Waals surface area contributed by atoms with E-state index in [0.717, 1.165) is 0 Å². The van der Waals surface area contributed by atoms with Crippen molar-refractivity contribution in [3.63, 3.8) is 0 Å². The molecule has 110 valence electrons. The Bertz CT molecular complexity index is 354. The molecule has 0 aliphatic carbocycles. The summed E-state index contributed by atoms with van der Waals surface area (Å²) in [6.45, 7) is 6.15. The molecule has 0 aromatic heterocycles. The number of nitrogens with zero attached hydrogens (tertiary/aromatic N) is 2. The number of carbonyl (C=O) groups excluding carboxylic acids is 1. The van der Waals surface area contributed by atoms with Gasteiger partial charge < -0.3 is 20.0 Å². The molecule has 0 aromatic carbocycles. The third-order valence-electron chi connectivity index (χ3n) is 3.60. The van der Waals surface area contributed by atoms with Crippen LogP contribution in [0.25, 0.3) is 0 Å². The summed E-state index contributed by atoms with van der Waals surface area (Å²) in [5.41, 5.74) is -1.67. The van der Waals surface area contributed by atoms with Crippen LogP contribution in [0.1, 0.15) is 33.6 Å². The maximum atomic E-state index is 12.1. The number of aliphatic hydroxyl groups is 1. The van der Waals surface area contributed by atoms with E-state index in [9.17, 15) is 14.7 Å². The minimum atomic E-state index is -0.935. The first kappa shape index (κ1) is 15.8. The SMILES string of the molecule is CN(CC(C)(C)O)C(=O)N1CCC(C)(C(=O)O)CC1. The van der Waals surface area contributed by atoms with Crippen molar-refractivity contribution in [2.45, 2.75) is 39.2 Å². The summed E-state index contributed by atoms with van der Waals surface area (Å²) in [6.07, 6.45) is 0.925. The minimum Gasteiger partial charge on any atom is -0.481 e. The van der Waals surface area contributed by atoms with Crippen molar-refractivity contribution in [2.75, 3.05) is 26.7 Å². The highest BCUT2D eigenvalue weighted by molar-refractivity contribution is 5.77. The average Bonchev–Trinajstić information content (AvgIpc) is 2.26. The molecule has 19 heavy (non-hydrogen) atoms. The molecule has 2 N–H and O–H groups in total. The fourth-order valence-electron chi connectivity index (χ4n) is 2.29. The summed E-state index contributed by atoms with van der Waals surface area (Å²) >= 11 is 0. The standard InChI is InChI=1S/C13H24N2O4/c1-12(2,19)9-14(4)11(18)15-7-5-13(3,6-8-15)10(16)17/h19H,5-9H2,1-4H3,(H,16,17). The van der Waals surface area contributed by atoms with E-state index in [2.05, 4.69) is 0 Å². The number of aliphatic carboxylic acids is 1. The van der Waals surface area contributed by atoms with E-state index in [1.165, 1.54) is 4.90 Å². The van der Waals surface area contributed by atoms with Crippen molar-refractivity contribution in [1.29, 1.82) is 0 Å². The van der Waals surface area contributed by atoms with E-state index in [0.29, 0.717) is 25.9 Å². The number of amides is 2. The van der Waals surface area contributed by atoms with Crippen LogP contribution in [0.3, 0.4) is 0 Å². The Balaban J connectivity index is 2.56.